The van der Waals surface area contributed by atoms with Crippen LogP contribution < -0.4 is 16.0 Å². The summed E-state index contributed by atoms with van der Waals surface area (Å²) in [5.41, 5.74) is 2.22. The third kappa shape index (κ3) is 7.43. The Morgan fingerprint density at radius 1 is 0.929 bits per heavy atom. The molecule has 0 spiro atoms. The summed E-state index contributed by atoms with van der Waals surface area (Å²) in [6, 6.07) is 20.8. The van der Waals surface area contributed by atoms with E-state index in [0.717, 1.165) is 6.54 Å². The fourth-order valence-electron chi connectivity index (χ4n) is 2.95. The molecule has 0 radical (unpaired) electrons. The monoisotopic (exact) mass is 380 g/mol. The minimum absolute atomic E-state index is 0.0904. The quantitative estimate of drug-likeness (QED) is 0.510. The molecule has 0 atom stereocenters. The van der Waals surface area contributed by atoms with Crippen molar-refractivity contribution in [2.24, 2.45) is 4.99 Å². The van der Waals surface area contributed by atoms with Gasteiger partial charge in [0.25, 0.3) is 0 Å². The van der Waals surface area contributed by atoms with E-state index < -0.39 is 0 Å². The molecule has 3 N–H and O–H groups in total. The summed E-state index contributed by atoms with van der Waals surface area (Å²) in [4.78, 5) is 16.5. The summed E-state index contributed by atoms with van der Waals surface area (Å²) in [7, 11) is 0. The first-order valence-corrected chi connectivity index (χ1v) is 9.82. The summed E-state index contributed by atoms with van der Waals surface area (Å²) < 4.78 is 0. The highest BCUT2D eigenvalue weighted by molar-refractivity contribution is 5.85. The number of nitrogens with zero attached hydrogens (tertiary/aromatic N) is 1. The zero-order chi connectivity index (χ0) is 20.4. The summed E-state index contributed by atoms with van der Waals surface area (Å²) in [6.45, 7) is 9.40. The molecule has 0 heterocycles. The predicted octanol–water partition coefficient (Wildman–Crippen LogP) is 3.29. The smallest absolute Gasteiger partial charge is 0.242 e. The molecule has 0 aliphatic rings. The zero-order valence-electron chi connectivity index (χ0n) is 17.3. The average Bonchev–Trinajstić information content (AvgIpc) is 2.66. The van der Waals surface area contributed by atoms with Crippen LogP contribution in [-0.2, 0) is 4.79 Å². The van der Waals surface area contributed by atoms with E-state index in [9.17, 15) is 4.79 Å². The van der Waals surface area contributed by atoms with Crippen LogP contribution in [0.15, 0.2) is 65.7 Å². The second kappa shape index (κ2) is 10.5. The van der Waals surface area contributed by atoms with Crippen molar-refractivity contribution in [1.82, 2.24) is 16.0 Å². The Bertz CT molecular complexity index is 712. The third-order valence-electron chi connectivity index (χ3n) is 4.12. The van der Waals surface area contributed by atoms with Crippen molar-refractivity contribution in [1.29, 1.82) is 0 Å². The summed E-state index contributed by atoms with van der Waals surface area (Å²) >= 11 is 0. The molecule has 0 bridgehead atoms. The molecule has 28 heavy (non-hydrogen) atoms. The Kier molecular flexibility index (Phi) is 8.05. The van der Waals surface area contributed by atoms with Gasteiger partial charge in [0.1, 0.15) is 6.54 Å². The lowest BCUT2D eigenvalue weighted by molar-refractivity contribution is -0.121. The van der Waals surface area contributed by atoms with Gasteiger partial charge in [0, 0.05) is 24.5 Å². The number of guanidine groups is 1. The topological polar surface area (TPSA) is 65.5 Å². The first-order valence-electron chi connectivity index (χ1n) is 9.82. The van der Waals surface area contributed by atoms with E-state index in [4.69, 9.17) is 0 Å². The van der Waals surface area contributed by atoms with Gasteiger partial charge in [0.05, 0.1) is 0 Å². The summed E-state index contributed by atoms with van der Waals surface area (Å²) in [5, 5.41) is 9.54. The molecule has 0 unspecified atom stereocenters. The first-order chi connectivity index (χ1) is 13.4. The molecule has 150 valence electrons. The maximum atomic E-state index is 12.1. The van der Waals surface area contributed by atoms with Crippen LogP contribution in [0.5, 0.6) is 0 Å². The average molecular weight is 381 g/mol. The van der Waals surface area contributed by atoms with Crippen LogP contribution in [0.1, 0.15) is 44.7 Å². The number of carbonyl (C=O) groups is 1. The Hall–Kier alpha value is -2.82. The zero-order valence-corrected chi connectivity index (χ0v) is 17.3. The maximum absolute atomic E-state index is 12.1. The molecule has 0 aliphatic carbocycles. The number of aliphatic imine (C=N–C) groups is 1. The van der Waals surface area contributed by atoms with Crippen LogP contribution in [-0.4, -0.2) is 37.0 Å². The summed E-state index contributed by atoms with van der Waals surface area (Å²) in [5.74, 6) is 0.741. The van der Waals surface area contributed by atoms with Crippen molar-refractivity contribution in [3.8, 4) is 0 Å². The Morgan fingerprint density at radius 3 is 1.93 bits per heavy atom. The first kappa shape index (κ1) is 21.5. The lowest BCUT2D eigenvalue weighted by Crippen LogP contribution is -2.43. The van der Waals surface area contributed by atoms with E-state index in [-0.39, 0.29) is 23.9 Å². The minimum atomic E-state index is -0.260. The molecule has 2 aromatic carbocycles. The molecule has 0 saturated heterocycles. The number of nitrogens with one attached hydrogen (secondary N) is 3. The van der Waals surface area contributed by atoms with E-state index in [1.165, 1.54) is 11.1 Å². The van der Waals surface area contributed by atoms with E-state index >= 15 is 0 Å². The van der Waals surface area contributed by atoms with Gasteiger partial charge in [-0.15, -0.1) is 0 Å². The molecule has 2 aromatic rings. The van der Waals surface area contributed by atoms with Gasteiger partial charge in [-0.1, -0.05) is 60.7 Å². The van der Waals surface area contributed by atoms with Crippen molar-refractivity contribution in [3.63, 3.8) is 0 Å². The molecule has 2 rings (SSSR count). The lowest BCUT2D eigenvalue weighted by Gasteiger charge is -2.21. The van der Waals surface area contributed by atoms with Gasteiger partial charge in [0.2, 0.25) is 5.91 Å². The van der Waals surface area contributed by atoms with E-state index in [1.54, 1.807) is 0 Å². The van der Waals surface area contributed by atoms with Crippen molar-refractivity contribution in [2.75, 3.05) is 19.6 Å². The number of benzene rings is 2. The fraction of sp³-hybridized carbons (Fsp3) is 0.391. The molecule has 0 aliphatic heterocycles. The molecular formula is C23H32N4O. The Morgan fingerprint density at radius 2 is 1.46 bits per heavy atom. The predicted molar refractivity (Wildman–Crippen MR) is 117 cm³/mol. The highest BCUT2D eigenvalue weighted by atomic mass is 16.2. The van der Waals surface area contributed by atoms with Gasteiger partial charge < -0.3 is 16.0 Å². The van der Waals surface area contributed by atoms with Crippen LogP contribution in [0.25, 0.3) is 0 Å². The number of carbonyl (C=O) groups excluding carboxylic acids is 1. The minimum Gasteiger partial charge on any atom is -0.357 e. The molecule has 0 saturated carbocycles. The van der Waals surface area contributed by atoms with Crippen LogP contribution in [0, 0.1) is 0 Å². The second-order valence-corrected chi connectivity index (χ2v) is 7.75. The van der Waals surface area contributed by atoms with Gasteiger partial charge in [0.15, 0.2) is 5.96 Å². The van der Waals surface area contributed by atoms with Crippen LogP contribution in [0.2, 0.25) is 0 Å². The SMILES string of the molecule is CCNC(=NCC(=O)NC(C)(C)C)NCC(c1ccccc1)c1ccccc1. The standard InChI is InChI=1S/C23H32N4O/c1-5-24-22(26-17-21(28)27-23(2,3)4)25-16-20(18-12-8-6-9-13-18)19-14-10-7-11-15-19/h6-15,20H,5,16-17H2,1-4H3,(H,27,28)(H2,24,25,26). The Labute approximate surface area is 168 Å². The molecule has 5 nitrogen and oxygen atoms in total. The van der Waals surface area contributed by atoms with E-state index in [1.807, 2.05) is 39.8 Å². The van der Waals surface area contributed by atoms with Crippen LogP contribution >= 0.6 is 0 Å². The van der Waals surface area contributed by atoms with E-state index in [2.05, 4.69) is 69.5 Å². The van der Waals surface area contributed by atoms with Crippen molar-refractivity contribution < 1.29 is 4.79 Å². The lowest BCUT2D eigenvalue weighted by atomic mass is 9.91. The van der Waals surface area contributed by atoms with Crippen LogP contribution in [0.3, 0.4) is 0 Å². The molecule has 5 heteroatoms. The van der Waals surface area contributed by atoms with Crippen molar-refractivity contribution >= 4 is 11.9 Å². The molecular weight excluding hydrogens is 348 g/mol. The number of rotatable bonds is 7. The van der Waals surface area contributed by atoms with Gasteiger partial charge in [-0.05, 0) is 38.8 Å². The Balaban J connectivity index is 2.10. The molecule has 1 amide bonds. The maximum Gasteiger partial charge on any atom is 0.242 e. The number of hydrogen-bond acceptors (Lipinski definition) is 2. The highest BCUT2D eigenvalue weighted by Crippen LogP contribution is 2.23. The largest absolute Gasteiger partial charge is 0.357 e. The summed E-state index contributed by atoms with van der Waals surface area (Å²) in [6.07, 6.45) is 0. The van der Waals surface area contributed by atoms with Gasteiger partial charge in [-0.2, -0.15) is 0 Å². The molecule has 0 aromatic heterocycles. The normalized spacial score (nSPS) is 12.0. The number of hydrogen-bond donors (Lipinski definition) is 3. The van der Waals surface area contributed by atoms with Gasteiger partial charge >= 0.3 is 0 Å². The third-order valence-corrected chi connectivity index (χ3v) is 4.12. The fourth-order valence-corrected chi connectivity index (χ4v) is 2.95. The number of amides is 1. The van der Waals surface area contributed by atoms with Gasteiger partial charge in [-0.3, -0.25) is 4.79 Å². The van der Waals surface area contributed by atoms with Gasteiger partial charge in [-0.25, -0.2) is 4.99 Å². The second-order valence-electron chi connectivity index (χ2n) is 7.75. The highest BCUT2D eigenvalue weighted by Gasteiger charge is 2.15. The van der Waals surface area contributed by atoms with Crippen LogP contribution in [0.4, 0.5) is 0 Å². The van der Waals surface area contributed by atoms with E-state index in [0.29, 0.717) is 12.5 Å². The molecule has 0 fully saturated rings. The van der Waals surface area contributed by atoms with Crippen molar-refractivity contribution in [2.45, 2.75) is 39.2 Å². The van der Waals surface area contributed by atoms with Crippen molar-refractivity contribution in [3.05, 3.63) is 71.8 Å².